The van der Waals surface area contributed by atoms with Crippen LogP contribution in [0.4, 0.5) is 5.82 Å². The van der Waals surface area contributed by atoms with Gasteiger partial charge in [-0.05, 0) is 24.6 Å². The first-order valence-electron chi connectivity index (χ1n) is 8.34. The molecule has 4 heterocycles. The smallest absolute Gasteiger partial charge is 0.253 e. The molecule has 7 nitrogen and oxygen atoms in total. The molecular weight excluding hydrogens is 316 g/mol. The van der Waals surface area contributed by atoms with Gasteiger partial charge in [0.1, 0.15) is 5.52 Å². The molecule has 0 unspecified atom stereocenters. The average Bonchev–Trinajstić information content (AvgIpc) is 3.30. The molecule has 25 heavy (non-hydrogen) atoms. The van der Waals surface area contributed by atoms with E-state index in [4.69, 9.17) is 4.98 Å². The lowest BCUT2D eigenvalue weighted by Crippen LogP contribution is -2.28. The van der Waals surface area contributed by atoms with Crippen molar-refractivity contribution in [3.05, 3.63) is 54.2 Å². The van der Waals surface area contributed by atoms with Crippen LogP contribution in [0.2, 0.25) is 0 Å². The maximum atomic E-state index is 12.6. The van der Waals surface area contributed by atoms with E-state index in [0.717, 1.165) is 30.0 Å². The van der Waals surface area contributed by atoms with Crippen molar-refractivity contribution in [3.63, 3.8) is 0 Å². The number of likely N-dealkylation sites (tertiary alicyclic amines) is 1. The number of hydrogen-bond acceptors (Lipinski definition) is 5. The Morgan fingerprint density at radius 3 is 2.76 bits per heavy atom. The van der Waals surface area contributed by atoms with Crippen molar-refractivity contribution in [2.45, 2.75) is 12.3 Å². The largest absolute Gasteiger partial charge is 0.361 e. The van der Waals surface area contributed by atoms with Crippen LogP contribution in [0.25, 0.3) is 5.52 Å². The van der Waals surface area contributed by atoms with Crippen LogP contribution in [0.15, 0.2) is 43.0 Å². The van der Waals surface area contributed by atoms with E-state index < -0.39 is 0 Å². The van der Waals surface area contributed by atoms with Crippen molar-refractivity contribution in [2.75, 3.05) is 32.1 Å². The molecule has 0 aliphatic carbocycles. The molecule has 0 saturated carbocycles. The molecule has 0 aromatic carbocycles. The quantitative estimate of drug-likeness (QED) is 0.730. The Kier molecular flexibility index (Phi) is 3.83. The summed E-state index contributed by atoms with van der Waals surface area (Å²) in [5.74, 6) is 1.17. The summed E-state index contributed by atoms with van der Waals surface area (Å²) < 4.78 is 1.87. The summed E-state index contributed by atoms with van der Waals surface area (Å²) in [5.41, 5.74) is 2.64. The van der Waals surface area contributed by atoms with Gasteiger partial charge < -0.3 is 9.80 Å². The monoisotopic (exact) mass is 336 g/mol. The summed E-state index contributed by atoms with van der Waals surface area (Å²) in [6.07, 6.45) is 7.97. The number of carbonyl (C=O) groups excluding carboxylic acids is 1. The van der Waals surface area contributed by atoms with Gasteiger partial charge in [0, 0.05) is 51.1 Å². The highest BCUT2D eigenvalue weighted by atomic mass is 16.2. The molecule has 1 aliphatic rings. The summed E-state index contributed by atoms with van der Waals surface area (Å²) in [7, 11) is 3.96. The normalized spacial score (nSPS) is 17.2. The zero-order chi connectivity index (χ0) is 17.4. The maximum absolute atomic E-state index is 12.6. The zero-order valence-corrected chi connectivity index (χ0v) is 14.3. The summed E-state index contributed by atoms with van der Waals surface area (Å²) in [4.78, 5) is 25.3. The molecule has 0 bridgehead atoms. The number of nitrogens with zero attached hydrogens (tertiary/aromatic N) is 6. The molecule has 0 spiro atoms. The maximum Gasteiger partial charge on any atom is 0.253 e. The van der Waals surface area contributed by atoms with Crippen molar-refractivity contribution in [1.29, 1.82) is 0 Å². The second-order valence-electron chi connectivity index (χ2n) is 6.52. The van der Waals surface area contributed by atoms with E-state index in [2.05, 4.69) is 10.1 Å². The van der Waals surface area contributed by atoms with Gasteiger partial charge in [0.15, 0.2) is 5.82 Å². The Morgan fingerprint density at radius 2 is 2.00 bits per heavy atom. The molecular formula is C18H20N6O. The molecule has 3 aromatic heterocycles. The number of pyridine rings is 1. The Bertz CT molecular complexity index is 904. The lowest BCUT2D eigenvalue weighted by molar-refractivity contribution is 0.0790. The number of rotatable bonds is 3. The van der Waals surface area contributed by atoms with Crippen LogP contribution in [0.5, 0.6) is 0 Å². The third kappa shape index (κ3) is 2.82. The molecule has 128 valence electrons. The van der Waals surface area contributed by atoms with Crippen LogP contribution >= 0.6 is 0 Å². The highest BCUT2D eigenvalue weighted by molar-refractivity contribution is 5.94. The van der Waals surface area contributed by atoms with E-state index in [0.29, 0.717) is 12.1 Å². The molecule has 7 heteroatoms. The second kappa shape index (κ2) is 6.16. The fourth-order valence-electron chi connectivity index (χ4n) is 3.32. The van der Waals surface area contributed by atoms with E-state index in [1.807, 2.05) is 40.7 Å². The highest BCUT2D eigenvalue weighted by Gasteiger charge is 2.29. The van der Waals surface area contributed by atoms with Crippen molar-refractivity contribution >= 4 is 17.2 Å². The topological polar surface area (TPSA) is 66.6 Å². The molecule has 4 rings (SSSR count). The van der Waals surface area contributed by atoms with Gasteiger partial charge in [-0.15, -0.1) is 0 Å². The van der Waals surface area contributed by atoms with E-state index in [9.17, 15) is 4.79 Å². The van der Waals surface area contributed by atoms with Gasteiger partial charge in [-0.25, -0.2) is 9.50 Å². The summed E-state index contributed by atoms with van der Waals surface area (Å²) in [5, 5.41) is 4.36. The number of aromatic nitrogens is 4. The zero-order valence-electron chi connectivity index (χ0n) is 14.3. The van der Waals surface area contributed by atoms with Gasteiger partial charge in [-0.1, -0.05) is 0 Å². The summed E-state index contributed by atoms with van der Waals surface area (Å²) >= 11 is 0. The van der Waals surface area contributed by atoms with Crippen LogP contribution in [0, 0.1) is 0 Å². The standard InChI is InChI=1S/C18H20N6O/c1-22(2)17-16-5-9-20-24(16)12-15(21-17)14-6-10-23(11-14)18(25)13-3-7-19-8-4-13/h3-5,7-9,12,14H,6,10-11H2,1-2H3/t14-/m1/s1. The van der Waals surface area contributed by atoms with Crippen molar-refractivity contribution < 1.29 is 4.79 Å². The van der Waals surface area contributed by atoms with Gasteiger partial charge in [0.25, 0.3) is 5.91 Å². The van der Waals surface area contributed by atoms with Gasteiger partial charge >= 0.3 is 0 Å². The van der Waals surface area contributed by atoms with Crippen LogP contribution < -0.4 is 4.90 Å². The molecule has 1 fully saturated rings. The first kappa shape index (κ1) is 15.6. The third-order valence-corrected chi connectivity index (χ3v) is 4.63. The first-order chi connectivity index (χ1) is 12.1. The average molecular weight is 336 g/mol. The van der Waals surface area contributed by atoms with Crippen molar-refractivity contribution in [2.24, 2.45) is 0 Å². The molecule has 3 aromatic rings. The first-order valence-corrected chi connectivity index (χ1v) is 8.34. The highest BCUT2D eigenvalue weighted by Crippen LogP contribution is 2.29. The van der Waals surface area contributed by atoms with Crippen LogP contribution in [0.3, 0.4) is 0 Å². The number of carbonyl (C=O) groups is 1. The molecule has 1 amide bonds. The Labute approximate surface area is 145 Å². The van der Waals surface area contributed by atoms with Gasteiger partial charge in [0.05, 0.1) is 18.1 Å². The van der Waals surface area contributed by atoms with E-state index >= 15 is 0 Å². The predicted octanol–water partition coefficient (Wildman–Crippen LogP) is 1.82. The Morgan fingerprint density at radius 1 is 1.20 bits per heavy atom. The van der Waals surface area contributed by atoms with Gasteiger partial charge in [0.2, 0.25) is 0 Å². The van der Waals surface area contributed by atoms with Gasteiger partial charge in [-0.3, -0.25) is 9.78 Å². The van der Waals surface area contributed by atoms with Crippen molar-refractivity contribution in [1.82, 2.24) is 24.5 Å². The molecule has 0 N–H and O–H groups in total. The van der Waals surface area contributed by atoms with E-state index in [-0.39, 0.29) is 11.8 Å². The van der Waals surface area contributed by atoms with Gasteiger partial charge in [-0.2, -0.15) is 5.10 Å². The van der Waals surface area contributed by atoms with Crippen LogP contribution in [-0.4, -0.2) is 57.6 Å². The third-order valence-electron chi connectivity index (χ3n) is 4.63. The Hall–Kier alpha value is -2.96. The predicted molar refractivity (Wildman–Crippen MR) is 94.8 cm³/mol. The molecule has 1 atom stereocenters. The molecule has 1 aliphatic heterocycles. The minimum atomic E-state index is 0.0536. The lowest BCUT2D eigenvalue weighted by Gasteiger charge is -2.18. The van der Waals surface area contributed by atoms with Crippen LogP contribution in [0.1, 0.15) is 28.4 Å². The van der Waals surface area contributed by atoms with E-state index in [1.54, 1.807) is 30.7 Å². The minimum absolute atomic E-state index is 0.0536. The fraction of sp³-hybridized carbons (Fsp3) is 0.333. The summed E-state index contributed by atoms with van der Waals surface area (Å²) in [6, 6.07) is 5.47. The molecule has 0 radical (unpaired) electrons. The Balaban J connectivity index is 1.59. The minimum Gasteiger partial charge on any atom is -0.361 e. The SMILES string of the molecule is CN(C)c1nc([C@@H]2CCN(C(=O)c3ccncc3)C2)cn2nccc12. The number of hydrogen-bond donors (Lipinski definition) is 0. The number of anilines is 1. The van der Waals surface area contributed by atoms with Crippen LogP contribution in [-0.2, 0) is 0 Å². The molecule has 1 saturated heterocycles. The van der Waals surface area contributed by atoms with E-state index in [1.165, 1.54) is 0 Å². The second-order valence-corrected chi connectivity index (χ2v) is 6.52. The summed E-state index contributed by atoms with van der Waals surface area (Å²) in [6.45, 7) is 1.41. The lowest BCUT2D eigenvalue weighted by atomic mass is 10.1. The van der Waals surface area contributed by atoms with Crippen molar-refractivity contribution in [3.8, 4) is 0 Å². The fourth-order valence-corrected chi connectivity index (χ4v) is 3.32. The number of amides is 1. The number of fused-ring (bicyclic) bond motifs is 1.